The molecule has 3 aromatic rings. The fraction of sp³-hybridized carbons (Fsp3) is 0.400. The fourth-order valence-corrected chi connectivity index (χ4v) is 3.79. The van der Waals surface area contributed by atoms with Crippen LogP contribution in [0.5, 0.6) is 5.88 Å². The highest BCUT2D eigenvalue weighted by atomic mass is 32.2. The van der Waals surface area contributed by atoms with E-state index in [1.54, 1.807) is 6.07 Å². The van der Waals surface area contributed by atoms with Crippen LogP contribution in [0.15, 0.2) is 29.4 Å². The molecule has 1 saturated heterocycles. The van der Waals surface area contributed by atoms with Gasteiger partial charge in [0, 0.05) is 18.9 Å². The molecule has 4 heterocycles. The average molecular weight is 378 g/mol. The SMILES string of the molecule is C[C@@H]1COCCN1c1nc(-n2nccc2O)nn2c(S(C)(=O)=O)ccc12. The minimum absolute atomic E-state index is 0.0463. The maximum atomic E-state index is 12.1. The van der Waals surface area contributed by atoms with Gasteiger partial charge in [-0.1, -0.05) is 0 Å². The lowest BCUT2D eigenvalue weighted by Gasteiger charge is -2.34. The Morgan fingerprint density at radius 3 is 2.77 bits per heavy atom. The number of anilines is 1. The Bertz CT molecular complexity index is 1070. The van der Waals surface area contributed by atoms with Crippen molar-refractivity contribution in [1.29, 1.82) is 0 Å². The zero-order valence-corrected chi connectivity index (χ0v) is 15.1. The second-order valence-electron chi connectivity index (χ2n) is 6.19. The van der Waals surface area contributed by atoms with Crippen molar-refractivity contribution in [3.63, 3.8) is 0 Å². The predicted octanol–water partition coefficient (Wildman–Crippen LogP) is 0.249. The van der Waals surface area contributed by atoms with Crippen LogP contribution in [0.25, 0.3) is 11.5 Å². The molecule has 4 rings (SSSR count). The van der Waals surface area contributed by atoms with Gasteiger partial charge in [0.1, 0.15) is 5.52 Å². The first-order chi connectivity index (χ1) is 12.4. The van der Waals surface area contributed by atoms with Crippen LogP contribution in [0, 0.1) is 0 Å². The van der Waals surface area contributed by atoms with Gasteiger partial charge in [-0.25, -0.2) is 12.9 Å². The Balaban J connectivity index is 2.00. The number of morpholine rings is 1. The van der Waals surface area contributed by atoms with Crippen molar-refractivity contribution in [3.05, 3.63) is 24.4 Å². The number of hydrogen-bond acceptors (Lipinski definition) is 8. The minimum atomic E-state index is -3.51. The van der Waals surface area contributed by atoms with Crippen LogP contribution in [0.1, 0.15) is 6.92 Å². The number of sulfone groups is 1. The molecule has 1 N–H and O–H groups in total. The van der Waals surface area contributed by atoms with E-state index in [9.17, 15) is 13.5 Å². The van der Waals surface area contributed by atoms with Crippen LogP contribution in [0.2, 0.25) is 0 Å². The van der Waals surface area contributed by atoms with Crippen molar-refractivity contribution >= 4 is 21.2 Å². The van der Waals surface area contributed by atoms with Gasteiger partial charge in [0.05, 0.1) is 25.5 Å². The third-order valence-corrected chi connectivity index (χ3v) is 5.35. The molecule has 138 valence electrons. The lowest BCUT2D eigenvalue weighted by atomic mass is 10.2. The van der Waals surface area contributed by atoms with Gasteiger partial charge in [-0.05, 0) is 19.1 Å². The summed E-state index contributed by atoms with van der Waals surface area (Å²) in [6.45, 7) is 3.70. The van der Waals surface area contributed by atoms with Crippen LogP contribution < -0.4 is 4.90 Å². The first-order valence-corrected chi connectivity index (χ1v) is 9.93. The zero-order valence-electron chi connectivity index (χ0n) is 14.3. The molecule has 0 amide bonds. The Morgan fingerprint density at radius 2 is 2.12 bits per heavy atom. The molecule has 1 atom stereocenters. The van der Waals surface area contributed by atoms with Crippen molar-refractivity contribution in [1.82, 2.24) is 24.4 Å². The van der Waals surface area contributed by atoms with Crippen molar-refractivity contribution in [2.75, 3.05) is 30.9 Å². The van der Waals surface area contributed by atoms with Gasteiger partial charge in [-0.15, -0.1) is 5.10 Å². The Labute approximate surface area is 149 Å². The molecule has 3 aromatic heterocycles. The van der Waals surface area contributed by atoms with Gasteiger partial charge in [-0.2, -0.15) is 14.8 Å². The maximum absolute atomic E-state index is 12.1. The summed E-state index contributed by atoms with van der Waals surface area (Å²) in [5, 5.41) is 18.3. The molecule has 0 bridgehead atoms. The summed E-state index contributed by atoms with van der Waals surface area (Å²) in [5.74, 6) is 0.503. The summed E-state index contributed by atoms with van der Waals surface area (Å²) in [4.78, 5) is 6.60. The molecule has 26 heavy (non-hydrogen) atoms. The minimum Gasteiger partial charge on any atom is -0.493 e. The van der Waals surface area contributed by atoms with E-state index in [0.717, 1.165) is 10.9 Å². The number of aromatic hydroxyl groups is 1. The van der Waals surface area contributed by atoms with E-state index >= 15 is 0 Å². The average Bonchev–Trinajstić information content (AvgIpc) is 3.20. The lowest BCUT2D eigenvalue weighted by Crippen LogP contribution is -2.44. The summed E-state index contributed by atoms with van der Waals surface area (Å²) in [7, 11) is -3.51. The first-order valence-electron chi connectivity index (χ1n) is 8.04. The molecule has 1 aliphatic heterocycles. The van der Waals surface area contributed by atoms with Gasteiger partial charge in [0.15, 0.2) is 20.7 Å². The fourth-order valence-electron chi connectivity index (χ4n) is 3.02. The van der Waals surface area contributed by atoms with Crippen molar-refractivity contribution in [2.24, 2.45) is 0 Å². The number of fused-ring (bicyclic) bond motifs is 1. The van der Waals surface area contributed by atoms with E-state index in [-0.39, 0.29) is 22.9 Å². The van der Waals surface area contributed by atoms with Crippen molar-refractivity contribution in [3.8, 4) is 11.8 Å². The molecule has 1 aliphatic rings. The third kappa shape index (κ3) is 2.69. The van der Waals surface area contributed by atoms with Crippen LogP contribution in [-0.4, -0.2) is 70.0 Å². The summed E-state index contributed by atoms with van der Waals surface area (Å²) in [6, 6.07) is 4.64. The predicted molar refractivity (Wildman–Crippen MR) is 92.5 cm³/mol. The standard InChI is InChI=1S/C15H18N6O4S/c1-10-9-25-8-7-19(10)14-11-3-4-13(26(2,23)24)20(11)18-15(17-14)21-12(22)5-6-16-21/h3-6,10,22H,7-9H2,1-2H3/t10-/m1/s1. The molecular weight excluding hydrogens is 360 g/mol. The van der Waals surface area contributed by atoms with Gasteiger partial charge >= 0.3 is 0 Å². The van der Waals surface area contributed by atoms with Crippen LogP contribution in [-0.2, 0) is 14.6 Å². The monoisotopic (exact) mass is 378 g/mol. The normalized spacial score (nSPS) is 18.5. The zero-order chi connectivity index (χ0) is 18.5. The summed E-state index contributed by atoms with van der Waals surface area (Å²) in [6.07, 6.45) is 2.53. The van der Waals surface area contributed by atoms with Gasteiger partial charge < -0.3 is 14.7 Å². The largest absolute Gasteiger partial charge is 0.493 e. The van der Waals surface area contributed by atoms with Crippen molar-refractivity contribution in [2.45, 2.75) is 18.0 Å². The van der Waals surface area contributed by atoms with E-state index < -0.39 is 9.84 Å². The van der Waals surface area contributed by atoms with Gasteiger partial charge in [-0.3, -0.25) is 0 Å². The smallest absolute Gasteiger partial charge is 0.273 e. The second-order valence-corrected chi connectivity index (χ2v) is 8.16. The number of hydrogen-bond donors (Lipinski definition) is 1. The topological polar surface area (TPSA) is 115 Å². The number of rotatable bonds is 3. The number of ether oxygens (including phenoxy) is 1. The number of aromatic nitrogens is 5. The quantitative estimate of drug-likeness (QED) is 0.690. The Kier molecular flexibility index (Phi) is 3.84. The highest BCUT2D eigenvalue weighted by molar-refractivity contribution is 7.90. The summed E-state index contributed by atoms with van der Waals surface area (Å²) < 4.78 is 32.2. The van der Waals surface area contributed by atoms with Crippen LogP contribution in [0.4, 0.5) is 5.82 Å². The Hall–Kier alpha value is -2.66. The third-order valence-electron chi connectivity index (χ3n) is 4.28. The number of nitrogens with zero attached hydrogens (tertiary/aromatic N) is 6. The highest BCUT2D eigenvalue weighted by Gasteiger charge is 2.26. The molecule has 0 spiro atoms. The second kappa shape index (κ2) is 5.95. The summed E-state index contributed by atoms with van der Waals surface area (Å²) >= 11 is 0. The molecule has 0 radical (unpaired) electrons. The van der Waals surface area contributed by atoms with E-state index in [0.29, 0.717) is 31.1 Å². The van der Waals surface area contributed by atoms with Crippen LogP contribution in [0.3, 0.4) is 0 Å². The van der Waals surface area contributed by atoms with Crippen LogP contribution >= 0.6 is 0 Å². The maximum Gasteiger partial charge on any atom is 0.273 e. The molecule has 11 heteroatoms. The molecular formula is C15H18N6O4S. The molecule has 0 aromatic carbocycles. The van der Waals surface area contributed by atoms with Gasteiger partial charge in [0.2, 0.25) is 5.88 Å². The molecule has 0 unspecified atom stereocenters. The molecule has 0 saturated carbocycles. The van der Waals surface area contributed by atoms with Crippen molar-refractivity contribution < 1.29 is 18.3 Å². The first kappa shape index (κ1) is 16.8. The van der Waals surface area contributed by atoms with E-state index in [1.165, 1.54) is 22.8 Å². The molecule has 1 fully saturated rings. The van der Waals surface area contributed by atoms with E-state index in [4.69, 9.17) is 4.74 Å². The van der Waals surface area contributed by atoms with E-state index in [2.05, 4.69) is 15.2 Å². The summed E-state index contributed by atoms with van der Waals surface area (Å²) in [5.41, 5.74) is 0.564. The molecule has 10 nitrogen and oxygen atoms in total. The van der Waals surface area contributed by atoms with Gasteiger partial charge in [0.25, 0.3) is 5.95 Å². The van der Waals surface area contributed by atoms with E-state index in [1.807, 2.05) is 11.8 Å². The Morgan fingerprint density at radius 1 is 1.31 bits per heavy atom. The lowest BCUT2D eigenvalue weighted by molar-refractivity contribution is 0.0986. The molecule has 0 aliphatic carbocycles. The highest BCUT2D eigenvalue weighted by Crippen LogP contribution is 2.27.